The summed E-state index contributed by atoms with van der Waals surface area (Å²) in [6.45, 7) is 0. The van der Waals surface area contributed by atoms with Gasteiger partial charge in [-0.15, -0.1) is 0 Å². The molecular weight excluding hydrogens is 389 g/mol. The summed E-state index contributed by atoms with van der Waals surface area (Å²) in [5.74, 6) is -1.02. The Balaban J connectivity index is 1.66. The van der Waals surface area contributed by atoms with Crippen LogP contribution in [0.2, 0.25) is 5.02 Å². The van der Waals surface area contributed by atoms with Gasteiger partial charge in [0.25, 0.3) is 0 Å². The van der Waals surface area contributed by atoms with Crippen molar-refractivity contribution in [1.29, 1.82) is 0 Å². The van der Waals surface area contributed by atoms with Crippen LogP contribution in [-0.2, 0) is 0 Å². The van der Waals surface area contributed by atoms with Crippen LogP contribution < -0.4 is 0 Å². The summed E-state index contributed by atoms with van der Waals surface area (Å²) in [5.41, 5.74) is 0.264. The molecule has 0 aliphatic carbocycles. The highest BCUT2D eigenvalue weighted by atomic mass is 35.5. The Hall–Kier alpha value is -2.83. The molecule has 0 unspecified atom stereocenters. The SMILES string of the molecule is O=C(c1ccc(Sc2ccc(F)cc2)o1)c1cc(Cl)c2cccnc2c1O. The molecule has 134 valence electrons. The largest absolute Gasteiger partial charge is 0.505 e. The lowest BCUT2D eigenvalue weighted by atomic mass is 10.0. The Morgan fingerprint density at radius 1 is 1.15 bits per heavy atom. The van der Waals surface area contributed by atoms with Gasteiger partial charge in [-0.05, 0) is 54.6 Å². The molecule has 4 aromatic rings. The van der Waals surface area contributed by atoms with Gasteiger partial charge in [-0.2, -0.15) is 0 Å². The van der Waals surface area contributed by atoms with E-state index in [4.69, 9.17) is 16.0 Å². The standard InChI is InChI=1S/C20H11ClFNO3S/c21-15-10-14(20(25)18-13(15)2-1-9-23-18)19(24)16-7-8-17(26-16)27-12-5-3-11(22)4-6-12/h1-10,25H. The lowest BCUT2D eigenvalue weighted by Crippen LogP contribution is -2.01. The van der Waals surface area contributed by atoms with E-state index in [0.717, 1.165) is 4.90 Å². The average Bonchev–Trinajstić information content (AvgIpc) is 3.14. The Kier molecular flexibility index (Phi) is 4.59. The predicted molar refractivity (Wildman–Crippen MR) is 101 cm³/mol. The zero-order chi connectivity index (χ0) is 19.0. The quantitative estimate of drug-likeness (QED) is 0.445. The number of aromatic hydroxyl groups is 1. The molecule has 0 bridgehead atoms. The Morgan fingerprint density at radius 3 is 2.70 bits per heavy atom. The van der Waals surface area contributed by atoms with Gasteiger partial charge in [0, 0.05) is 16.5 Å². The van der Waals surface area contributed by atoms with Crippen molar-refractivity contribution >= 4 is 40.0 Å². The number of furan rings is 1. The van der Waals surface area contributed by atoms with E-state index in [0.29, 0.717) is 15.5 Å². The number of pyridine rings is 1. The molecular formula is C20H11ClFNO3S. The van der Waals surface area contributed by atoms with E-state index in [-0.39, 0.29) is 28.4 Å². The number of halogens is 2. The van der Waals surface area contributed by atoms with Crippen LogP contribution >= 0.6 is 23.4 Å². The van der Waals surface area contributed by atoms with Gasteiger partial charge in [0.05, 0.1) is 10.6 Å². The van der Waals surface area contributed by atoms with Gasteiger partial charge < -0.3 is 9.52 Å². The third-order valence-electron chi connectivity index (χ3n) is 3.90. The van der Waals surface area contributed by atoms with Crippen molar-refractivity contribution in [2.24, 2.45) is 0 Å². The van der Waals surface area contributed by atoms with Gasteiger partial charge in [-0.25, -0.2) is 4.39 Å². The molecule has 0 fully saturated rings. The second-order valence-electron chi connectivity index (χ2n) is 5.66. The summed E-state index contributed by atoms with van der Waals surface area (Å²) in [7, 11) is 0. The van der Waals surface area contributed by atoms with Gasteiger partial charge in [0.15, 0.2) is 16.6 Å². The topological polar surface area (TPSA) is 63.3 Å². The van der Waals surface area contributed by atoms with Crippen LogP contribution in [0.3, 0.4) is 0 Å². The summed E-state index contributed by atoms with van der Waals surface area (Å²) in [5, 5.41) is 11.8. The van der Waals surface area contributed by atoms with E-state index in [1.807, 2.05) is 0 Å². The van der Waals surface area contributed by atoms with Crippen molar-refractivity contribution in [3.05, 3.63) is 83.0 Å². The third-order valence-corrected chi connectivity index (χ3v) is 5.14. The summed E-state index contributed by atoms with van der Waals surface area (Å²) in [6, 6.07) is 13.9. The zero-order valence-electron chi connectivity index (χ0n) is 13.6. The summed E-state index contributed by atoms with van der Waals surface area (Å²) >= 11 is 7.48. The summed E-state index contributed by atoms with van der Waals surface area (Å²) in [4.78, 5) is 17.6. The first-order valence-corrected chi connectivity index (χ1v) is 9.06. The fourth-order valence-electron chi connectivity index (χ4n) is 2.61. The fourth-order valence-corrected chi connectivity index (χ4v) is 3.64. The van der Waals surface area contributed by atoms with E-state index < -0.39 is 5.78 Å². The number of phenolic OH excluding ortho intramolecular Hbond substituents is 1. The number of benzene rings is 2. The van der Waals surface area contributed by atoms with Crippen molar-refractivity contribution in [2.45, 2.75) is 9.99 Å². The van der Waals surface area contributed by atoms with Crippen LogP contribution in [0.15, 0.2) is 75.2 Å². The van der Waals surface area contributed by atoms with Crippen LogP contribution in [0.1, 0.15) is 16.1 Å². The number of ketones is 1. The molecule has 2 aromatic carbocycles. The smallest absolute Gasteiger partial charge is 0.232 e. The van der Waals surface area contributed by atoms with Gasteiger partial charge >= 0.3 is 0 Å². The average molecular weight is 400 g/mol. The number of rotatable bonds is 4. The number of carbonyl (C=O) groups excluding carboxylic acids is 1. The van der Waals surface area contributed by atoms with Crippen molar-refractivity contribution in [1.82, 2.24) is 4.98 Å². The molecule has 0 aliphatic rings. The van der Waals surface area contributed by atoms with Gasteiger partial charge in [0.1, 0.15) is 11.3 Å². The van der Waals surface area contributed by atoms with Crippen molar-refractivity contribution in [3.63, 3.8) is 0 Å². The van der Waals surface area contributed by atoms with Crippen LogP contribution in [-0.4, -0.2) is 15.9 Å². The molecule has 0 radical (unpaired) electrons. The van der Waals surface area contributed by atoms with Gasteiger partial charge in [-0.3, -0.25) is 9.78 Å². The molecule has 4 rings (SSSR count). The minimum Gasteiger partial charge on any atom is -0.505 e. The molecule has 0 saturated heterocycles. The molecule has 2 heterocycles. The Morgan fingerprint density at radius 2 is 1.93 bits per heavy atom. The lowest BCUT2D eigenvalue weighted by molar-refractivity contribution is 0.100. The van der Waals surface area contributed by atoms with Crippen LogP contribution in [0, 0.1) is 5.82 Å². The predicted octanol–water partition coefficient (Wildman–Crippen LogP) is 5.71. The maximum absolute atomic E-state index is 13.0. The maximum Gasteiger partial charge on any atom is 0.232 e. The third kappa shape index (κ3) is 3.41. The maximum atomic E-state index is 13.0. The van der Waals surface area contributed by atoms with Crippen molar-refractivity contribution in [3.8, 4) is 5.75 Å². The van der Waals surface area contributed by atoms with Gasteiger partial charge in [-0.1, -0.05) is 23.4 Å². The number of hydrogen-bond donors (Lipinski definition) is 1. The highest BCUT2D eigenvalue weighted by Gasteiger charge is 2.21. The molecule has 0 atom stereocenters. The number of hydrogen-bond acceptors (Lipinski definition) is 5. The first kappa shape index (κ1) is 17.6. The number of nitrogens with zero attached hydrogens (tertiary/aromatic N) is 1. The summed E-state index contributed by atoms with van der Waals surface area (Å²) in [6.07, 6.45) is 1.51. The monoisotopic (exact) mass is 399 g/mol. The minimum atomic E-state index is -0.507. The number of fused-ring (bicyclic) bond motifs is 1. The van der Waals surface area contributed by atoms with Crippen LogP contribution in [0.5, 0.6) is 5.75 Å². The number of carbonyl (C=O) groups is 1. The molecule has 0 amide bonds. The second kappa shape index (κ2) is 7.06. The van der Waals surface area contributed by atoms with E-state index in [1.54, 1.807) is 30.3 Å². The fraction of sp³-hybridized carbons (Fsp3) is 0. The molecule has 0 spiro atoms. The Bertz CT molecular complexity index is 1160. The van der Waals surface area contributed by atoms with E-state index in [9.17, 15) is 14.3 Å². The number of phenols is 1. The van der Waals surface area contributed by atoms with Gasteiger partial charge in [0.2, 0.25) is 5.78 Å². The van der Waals surface area contributed by atoms with E-state index in [1.165, 1.54) is 42.2 Å². The summed E-state index contributed by atoms with van der Waals surface area (Å²) < 4.78 is 18.6. The van der Waals surface area contributed by atoms with E-state index >= 15 is 0 Å². The molecule has 27 heavy (non-hydrogen) atoms. The minimum absolute atomic E-state index is 0.0129. The molecule has 7 heteroatoms. The molecule has 2 aromatic heterocycles. The van der Waals surface area contributed by atoms with E-state index in [2.05, 4.69) is 4.98 Å². The highest BCUT2D eigenvalue weighted by Crippen LogP contribution is 2.35. The molecule has 4 nitrogen and oxygen atoms in total. The first-order valence-electron chi connectivity index (χ1n) is 7.87. The van der Waals surface area contributed by atoms with Crippen LogP contribution in [0.4, 0.5) is 4.39 Å². The Labute approximate surface area is 162 Å². The highest BCUT2D eigenvalue weighted by molar-refractivity contribution is 7.99. The lowest BCUT2D eigenvalue weighted by Gasteiger charge is -2.07. The molecule has 0 aliphatic heterocycles. The van der Waals surface area contributed by atoms with Crippen molar-refractivity contribution in [2.75, 3.05) is 0 Å². The first-order chi connectivity index (χ1) is 13.0. The normalized spacial score (nSPS) is 11.0. The molecule has 0 saturated carbocycles. The molecule has 1 N–H and O–H groups in total. The van der Waals surface area contributed by atoms with Crippen molar-refractivity contribution < 1.29 is 18.7 Å². The van der Waals surface area contributed by atoms with Crippen LogP contribution in [0.25, 0.3) is 10.9 Å². The number of aromatic nitrogens is 1. The second-order valence-corrected chi connectivity index (χ2v) is 7.14. The zero-order valence-corrected chi connectivity index (χ0v) is 15.2.